The molecule has 2 aliphatic heterocycles. The van der Waals surface area contributed by atoms with E-state index in [9.17, 15) is 9.59 Å². The number of para-hydroxylation sites is 1. The maximum absolute atomic E-state index is 13.2. The number of amides is 1. The number of rotatable bonds is 10. The molecule has 33 heavy (non-hydrogen) atoms. The Morgan fingerprint density at radius 2 is 2.03 bits per heavy atom. The van der Waals surface area contributed by atoms with Crippen LogP contribution in [-0.2, 0) is 16.0 Å². The predicted octanol–water partition coefficient (Wildman–Crippen LogP) is 3.38. The number of ether oxygens (including phenoxy) is 1. The standard InChI is InChI=1S/C26H38N4O3/c1-33-18-8-17-30(19-20-9-7-16-29-15-5-4-12-23(20)29)25(31)14-6-13-24-27-22-11-3-2-10-21(22)26(32)28-24/h2-3,10-11,20,23H,4-9,12-19H2,1H3,(H,27,28,32)/t20-,23+/m1/s1. The Hall–Kier alpha value is -2.25. The molecule has 7 nitrogen and oxygen atoms in total. The van der Waals surface area contributed by atoms with Gasteiger partial charge in [0.05, 0.1) is 10.9 Å². The number of nitrogens with zero attached hydrogens (tertiary/aromatic N) is 3. The van der Waals surface area contributed by atoms with Crippen molar-refractivity contribution in [2.45, 2.75) is 63.8 Å². The summed E-state index contributed by atoms with van der Waals surface area (Å²) in [5.41, 5.74) is 0.593. The van der Waals surface area contributed by atoms with Crippen molar-refractivity contribution in [2.24, 2.45) is 5.92 Å². The zero-order chi connectivity index (χ0) is 23.0. The predicted molar refractivity (Wildman–Crippen MR) is 130 cm³/mol. The molecule has 3 heterocycles. The summed E-state index contributed by atoms with van der Waals surface area (Å²) in [6.07, 6.45) is 8.97. The lowest BCUT2D eigenvalue weighted by molar-refractivity contribution is -0.133. The van der Waals surface area contributed by atoms with Crippen LogP contribution in [0.25, 0.3) is 10.9 Å². The van der Waals surface area contributed by atoms with Crippen molar-refractivity contribution in [1.29, 1.82) is 0 Å². The molecule has 1 N–H and O–H groups in total. The SMILES string of the molecule is COCCCN(C[C@H]1CCCN2CCCC[C@@H]12)C(=O)CCCc1nc2ccccc2c(=O)[nH]1. The van der Waals surface area contributed by atoms with E-state index < -0.39 is 0 Å². The first-order valence-corrected chi connectivity index (χ1v) is 12.6. The Balaban J connectivity index is 1.35. The number of benzene rings is 1. The summed E-state index contributed by atoms with van der Waals surface area (Å²) in [6.45, 7) is 4.72. The lowest BCUT2D eigenvalue weighted by Gasteiger charge is -2.45. The monoisotopic (exact) mass is 454 g/mol. The number of aromatic nitrogens is 2. The summed E-state index contributed by atoms with van der Waals surface area (Å²) in [4.78, 5) is 37.7. The van der Waals surface area contributed by atoms with Crippen molar-refractivity contribution in [3.05, 3.63) is 40.4 Å². The van der Waals surface area contributed by atoms with Crippen LogP contribution in [0.2, 0.25) is 0 Å². The maximum atomic E-state index is 13.2. The number of aryl methyl sites for hydroxylation is 1. The first-order valence-electron chi connectivity index (χ1n) is 12.6. The molecule has 1 amide bonds. The first-order chi connectivity index (χ1) is 16.2. The molecule has 180 valence electrons. The van der Waals surface area contributed by atoms with Gasteiger partial charge in [-0.3, -0.25) is 9.59 Å². The van der Waals surface area contributed by atoms with Crippen LogP contribution in [0, 0.1) is 5.92 Å². The van der Waals surface area contributed by atoms with Crippen molar-refractivity contribution in [2.75, 3.05) is 39.9 Å². The molecular formula is C26H38N4O3. The lowest BCUT2D eigenvalue weighted by atomic mass is 9.83. The van der Waals surface area contributed by atoms with E-state index in [4.69, 9.17) is 4.74 Å². The summed E-state index contributed by atoms with van der Waals surface area (Å²) in [5, 5.41) is 0.603. The van der Waals surface area contributed by atoms with Crippen molar-refractivity contribution in [1.82, 2.24) is 19.8 Å². The van der Waals surface area contributed by atoms with E-state index in [1.54, 1.807) is 13.2 Å². The van der Waals surface area contributed by atoms with Crippen LogP contribution in [0.15, 0.2) is 29.1 Å². The van der Waals surface area contributed by atoms with Crippen LogP contribution in [-0.4, -0.2) is 71.6 Å². The second kappa shape index (κ2) is 11.7. The van der Waals surface area contributed by atoms with Crippen molar-refractivity contribution in [3.8, 4) is 0 Å². The second-order valence-electron chi connectivity index (χ2n) is 9.57. The normalized spacial score (nSPS) is 21.1. The van der Waals surface area contributed by atoms with Gasteiger partial charge < -0.3 is 19.5 Å². The molecule has 1 aromatic carbocycles. The Labute approximate surface area is 196 Å². The Morgan fingerprint density at radius 1 is 1.18 bits per heavy atom. The number of nitrogens with one attached hydrogen (secondary N) is 1. The number of aromatic amines is 1. The van der Waals surface area contributed by atoms with Gasteiger partial charge >= 0.3 is 0 Å². The Kier molecular flexibility index (Phi) is 8.51. The molecule has 0 radical (unpaired) electrons. The van der Waals surface area contributed by atoms with Gasteiger partial charge in [0.1, 0.15) is 5.82 Å². The number of hydrogen-bond acceptors (Lipinski definition) is 5. The molecule has 0 spiro atoms. The fourth-order valence-electron chi connectivity index (χ4n) is 5.61. The molecule has 0 saturated carbocycles. The number of methoxy groups -OCH3 is 1. The van der Waals surface area contributed by atoms with E-state index >= 15 is 0 Å². The highest BCUT2D eigenvalue weighted by atomic mass is 16.5. The molecule has 2 saturated heterocycles. The average Bonchev–Trinajstić information content (AvgIpc) is 2.83. The zero-order valence-electron chi connectivity index (χ0n) is 19.9. The van der Waals surface area contributed by atoms with Crippen LogP contribution < -0.4 is 5.56 Å². The zero-order valence-corrected chi connectivity index (χ0v) is 19.9. The van der Waals surface area contributed by atoms with Crippen LogP contribution in [0.5, 0.6) is 0 Å². The summed E-state index contributed by atoms with van der Waals surface area (Å²) < 4.78 is 5.24. The highest BCUT2D eigenvalue weighted by Crippen LogP contribution is 2.31. The van der Waals surface area contributed by atoms with Crippen LogP contribution in [0.1, 0.15) is 57.2 Å². The summed E-state index contributed by atoms with van der Waals surface area (Å²) in [6, 6.07) is 8.01. The minimum atomic E-state index is -0.113. The maximum Gasteiger partial charge on any atom is 0.258 e. The van der Waals surface area contributed by atoms with Gasteiger partial charge in [0, 0.05) is 45.7 Å². The minimum absolute atomic E-state index is 0.113. The average molecular weight is 455 g/mol. The number of carbonyl (C=O) groups excluding carboxylic acids is 1. The summed E-state index contributed by atoms with van der Waals surface area (Å²) in [5.74, 6) is 1.44. The molecule has 4 rings (SSSR count). The Morgan fingerprint density at radius 3 is 2.91 bits per heavy atom. The molecule has 2 fully saturated rings. The molecule has 0 bridgehead atoms. The molecule has 2 aromatic rings. The van der Waals surface area contributed by atoms with Crippen molar-refractivity contribution < 1.29 is 9.53 Å². The third kappa shape index (κ3) is 6.21. The van der Waals surface area contributed by atoms with E-state index in [1.807, 2.05) is 18.2 Å². The van der Waals surface area contributed by atoms with Gasteiger partial charge in [0.2, 0.25) is 5.91 Å². The Bertz CT molecular complexity index is 973. The van der Waals surface area contributed by atoms with E-state index in [2.05, 4.69) is 19.8 Å². The fourth-order valence-corrected chi connectivity index (χ4v) is 5.61. The van der Waals surface area contributed by atoms with E-state index in [1.165, 1.54) is 45.2 Å². The molecule has 0 unspecified atom stereocenters. The van der Waals surface area contributed by atoms with Crippen molar-refractivity contribution in [3.63, 3.8) is 0 Å². The number of fused-ring (bicyclic) bond motifs is 2. The van der Waals surface area contributed by atoms with E-state index in [-0.39, 0.29) is 11.5 Å². The molecule has 0 aliphatic carbocycles. The van der Waals surface area contributed by atoms with Crippen LogP contribution in [0.4, 0.5) is 0 Å². The topological polar surface area (TPSA) is 78.5 Å². The van der Waals surface area contributed by atoms with Gasteiger partial charge in [-0.25, -0.2) is 4.98 Å². The molecule has 2 atom stereocenters. The molecule has 7 heteroatoms. The third-order valence-corrected chi connectivity index (χ3v) is 7.28. The lowest BCUT2D eigenvalue weighted by Crippen LogP contribution is -2.51. The van der Waals surface area contributed by atoms with E-state index in [0.717, 1.165) is 19.5 Å². The molecule has 2 aliphatic rings. The van der Waals surface area contributed by atoms with Gasteiger partial charge in [-0.15, -0.1) is 0 Å². The van der Waals surface area contributed by atoms with Gasteiger partial charge in [-0.05, 0) is 69.7 Å². The largest absolute Gasteiger partial charge is 0.385 e. The smallest absolute Gasteiger partial charge is 0.258 e. The van der Waals surface area contributed by atoms with Crippen molar-refractivity contribution >= 4 is 16.8 Å². The van der Waals surface area contributed by atoms with Gasteiger partial charge in [-0.1, -0.05) is 18.6 Å². The number of piperidine rings is 2. The third-order valence-electron chi connectivity index (χ3n) is 7.28. The quantitative estimate of drug-likeness (QED) is 0.557. The summed E-state index contributed by atoms with van der Waals surface area (Å²) >= 11 is 0. The number of H-pyrrole nitrogens is 1. The van der Waals surface area contributed by atoms with Crippen LogP contribution >= 0.6 is 0 Å². The van der Waals surface area contributed by atoms with Gasteiger partial charge in [0.15, 0.2) is 0 Å². The fraction of sp³-hybridized carbons (Fsp3) is 0.654. The first kappa shape index (κ1) is 23.9. The second-order valence-corrected chi connectivity index (χ2v) is 9.57. The van der Waals surface area contributed by atoms with E-state index in [0.29, 0.717) is 54.6 Å². The summed E-state index contributed by atoms with van der Waals surface area (Å²) in [7, 11) is 1.71. The highest BCUT2D eigenvalue weighted by Gasteiger charge is 2.34. The highest BCUT2D eigenvalue weighted by molar-refractivity contribution is 5.77. The van der Waals surface area contributed by atoms with Gasteiger partial charge in [0.25, 0.3) is 5.56 Å². The molecular weight excluding hydrogens is 416 g/mol. The van der Waals surface area contributed by atoms with Crippen LogP contribution in [0.3, 0.4) is 0 Å². The number of carbonyl (C=O) groups is 1. The minimum Gasteiger partial charge on any atom is -0.385 e. The van der Waals surface area contributed by atoms with Gasteiger partial charge in [-0.2, -0.15) is 0 Å². The molecule has 1 aromatic heterocycles. The number of hydrogen-bond donors (Lipinski definition) is 1.